The second-order valence-electron chi connectivity index (χ2n) is 6.23. The number of nitrogens with one attached hydrogen (secondary N) is 1. The van der Waals surface area contributed by atoms with Crippen molar-refractivity contribution in [1.29, 1.82) is 0 Å². The van der Waals surface area contributed by atoms with E-state index in [2.05, 4.69) is 5.32 Å². The van der Waals surface area contributed by atoms with Gasteiger partial charge in [-0.15, -0.1) is 11.8 Å². The van der Waals surface area contributed by atoms with Crippen LogP contribution in [0.2, 0.25) is 5.02 Å². The van der Waals surface area contributed by atoms with Gasteiger partial charge < -0.3 is 10.1 Å². The van der Waals surface area contributed by atoms with Crippen molar-refractivity contribution in [3.05, 3.63) is 58.6 Å². The average Bonchev–Trinajstić information content (AvgIpc) is 2.64. The Labute approximate surface area is 175 Å². The summed E-state index contributed by atoms with van der Waals surface area (Å²) in [5.41, 5.74) is -0.0197. The number of anilines is 1. The highest BCUT2D eigenvalue weighted by Gasteiger charge is 2.31. The number of ether oxygens (including phenoxy) is 1. The first-order valence-corrected chi connectivity index (χ1v) is 9.99. The SMILES string of the molecule is Cc1ccc(SCCC(=O)OC(C)C(=O)Nc2cc(C(F)(F)F)ccc2Cl)cc1. The molecule has 156 valence electrons. The Bertz CT molecular complexity index is 872. The third-order valence-corrected chi connectivity index (χ3v) is 5.17. The third-order valence-electron chi connectivity index (χ3n) is 3.82. The van der Waals surface area contributed by atoms with E-state index in [1.807, 2.05) is 31.2 Å². The number of amides is 1. The van der Waals surface area contributed by atoms with Crippen LogP contribution in [-0.4, -0.2) is 23.7 Å². The van der Waals surface area contributed by atoms with Gasteiger partial charge in [0.15, 0.2) is 6.10 Å². The van der Waals surface area contributed by atoms with E-state index in [0.29, 0.717) is 5.75 Å². The van der Waals surface area contributed by atoms with Crippen LogP contribution in [0.25, 0.3) is 0 Å². The van der Waals surface area contributed by atoms with E-state index in [1.54, 1.807) is 0 Å². The Morgan fingerprint density at radius 3 is 2.45 bits per heavy atom. The molecule has 0 aromatic heterocycles. The number of benzene rings is 2. The summed E-state index contributed by atoms with van der Waals surface area (Å²) >= 11 is 7.32. The lowest BCUT2D eigenvalue weighted by molar-refractivity contribution is -0.152. The molecule has 4 nitrogen and oxygen atoms in total. The summed E-state index contributed by atoms with van der Waals surface area (Å²) in [5, 5.41) is 2.21. The van der Waals surface area contributed by atoms with Crippen LogP contribution in [0.3, 0.4) is 0 Å². The molecule has 2 aromatic carbocycles. The van der Waals surface area contributed by atoms with Gasteiger partial charge in [0.05, 0.1) is 22.7 Å². The molecule has 0 radical (unpaired) electrons. The zero-order chi connectivity index (χ0) is 21.6. The zero-order valence-electron chi connectivity index (χ0n) is 15.7. The summed E-state index contributed by atoms with van der Waals surface area (Å²) in [7, 11) is 0. The van der Waals surface area contributed by atoms with Crippen LogP contribution >= 0.6 is 23.4 Å². The fourth-order valence-electron chi connectivity index (χ4n) is 2.23. The third kappa shape index (κ3) is 7.29. The predicted molar refractivity (Wildman–Crippen MR) is 107 cm³/mol. The summed E-state index contributed by atoms with van der Waals surface area (Å²) in [6, 6.07) is 10.4. The molecule has 1 N–H and O–H groups in total. The number of rotatable bonds is 7. The highest BCUT2D eigenvalue weighted by molar-refractivity contribution is 7.99. The molecule has 0 aliphatic rings. The summed E-state index contributed by atoms with van der Waals surface area (Å²) < 4.78 is 43.5. The number of carbonyl (C=O) groups excluding carboxylic acids is 2. The molecular weight excluding hydrogens is 427 g/mol. The van der Waals surface area contributed by atoms with Crippen molar-refractivity contribution in [2.75, 3.05) is 11.1 Å². The maximum atomic E-state index is 12.8. The Hall–Kier alpha value is -2.19. The first-order valence-electron chi connectivity index (χ1n) is 8.63. The van der Waals surface area contributed by atoms with Crippen LogP contribution in [-0.2, 0) is 20.5 Å². The lowest BCUT2D eigenvalue weighted by Crippen LogP contribution is -2.30. The summed E-state index contributed by atoms with van der Waals surface area (Å²) in [5.74, 6) is -0.886. The molecule has 0 fully saturated rings. The van der Waals surface area contributed by atoms with E-state index in [9.17, 15) is 22.8 Å². The molecule has 0 aliphatic heterocycles. The Balaban J connectivity index is 1.85. The summed E-state index contributed by atoms with van der Waals surface area (Å²) in [6.07, 6.45) is -5.67. The predicted octanol–water partition coefficient (Wildman–Crippen LogP) is 5.72. The van der Waals surface area contributed by atoms with Crippen LogP contribution < -0.4 is 5.32 Å². The summed E-state index contributed by atoms with van der Waals surface area (Å²) in [4.78, 5) is 25.1. The molecular formula is C20H19ClF3NO3S. The van der Waals surface area contributed by atoms with E-state index in [0.717, 1.165) is 28.7 Å². The molecule has 1 amide bonds. The molecule has 2 aromatic rings. The minimum absolute atomic E-state index is 0.0561. The Morgan fingerprint density at radius 1 is 1.17 bits per heavy atom. The minimum Gasteiger partial charge on any atom is -0.453 e. The number of hydrogen-bond donors (Lipinski definition) is 1. The molecule has 0 heterocycles. The maximum Gasteiger partial charge on any atom is 0.416 e. The zero-order valence-corrected chi connectivity index (χ0v) is 17.3. The number of esters is 1. The van der Waals surface area contributed by atoms with Gasteiger partial charge in [0.1, 0.15) is 0 Å². The molecule has 0 aliphatic carbocycles. The standard InChI is InChI=1S/C20H19ClF3NO3S/c1-12-3-6-15(7-4-12)29-10-9-18(26)28-13(2)19(27)25-17-11-14(20(22,23)24)5-8-16(17)21/h3-8,11,13H,9-10H2,1-2H3,(H,25,27). The highest BCUT2D eigenvalue weighted by atomic mass is 35.5. The second kappa shape index (κ2) is 10.0. The van der Waals surface area contributed by atoms with Gasteiger partial charge in [-0.3, -0.25) is 9.59 Å². The lowest BCUT2D eigenvalue weighted by Gasteiger charge is -2.15. The van der Waals surface area contributed by atoms with E-state index in [1.165, 1.54) is 18.7 Å². The second-order valence-corrected chi connectivity index (χ2v) is 7.80. The van der Waals surface area contributed by atoms with Crippen LogP contribution in [0, 0.1) is 6.92 Å². The van der Waals surface area contributed by atoms with E-state index >= 15 is 0 Å². The van der Waals surface area contributed by atoms with Gasteiger partial charge in [0, 0.05) is 10.6 Å². The van der Waals surface area contributed by atoms with E-state index < -0.39 is 29.7 Å². The molecule has 1 unspecified atom stereocenters. The Kier molecular flexibility index (Phi) is 7.98. The highest BCUT2D eigenvalue weighted by Crippen LogP contribution is 2.33. The van der Waals surface area contributed by atoms with Crippen LogP contribution in [0.15, 0.2) is 47.4 Å². The lowest BCUT2D eigenvalue weighted by atomic mass is 10.2. The number of hydrogen-bond acceptors (Lipinski definition) is 4. The van der Waals surface area contributed by atoms with Crippen molar-refractivity contribution >= 4 is 40.9 Å². The topological polar surface area (TPSA) is 55.4 Å². The van der Waals surface area contributed by atoms with Gasteiger partial charge in [-0.2, -0.15) is 13.2 Å². The molecule has 2 rings (SSSR count). The molecule has 9 heteroatoms. The van der Waals surface area contributed by atoms with Crippen LogP contribution in [0.1, 0.15) is 24.5 Å². The number of carbonyl (C=O) groups is 2. The molecule has 1 atom stereocenters. The average molecular weight is 446 g/mol. The molecule has 0 saturated carbocycles. The first kappa shape index (κ1) is 23.1. The maximum absolute atomic E-state index is 12.8. The monoisotopic (exact) mass is 445 g/mol. The fourth-order valence-corrected chi connectivity index (χ4v) is 3.23. The van der Waals surface area contributed by atoms with Gasteiger partial charge >= 0.3 is 12.1 Å². The number of halogens is 4. The number of aryl methyl sites for hydroxylation is 1. The minimum atomic E-state index is -4.57. The molecule has 0 bridgehead atoms. The van der Waals surface area contributed by atoms with Gasteiger partial charge in [0.2, 0.25) is 0 Å². The van der Waals surface area contributed by atoms with Gasteiger partial charge in [0.25, 0.3) is 5.91 Å². The normalized spacial score (nSPS) is 12.3. The largest absolute Gasteiger partial charge is 0.453 e. The van der Waals surface area contributed by atoms with Crippen molar-refractivity contribution < 1.29 is 27.5 Å². The van der Waals surface area contributed by atoms with Gasteiger partial charge in [-0.1, -0.05) is 29.3 Å². The van der Waals surface area contributed by atoms with Crippen LogP contribution in [0.5, 0.6) is 0 Å². The first-order chi connectivity index (χ1) is 13.6. The van der Waals surface area contributed by atoms with Crippen molar-refractivity contribution in [1.82, 2.24) is 0 Å². The Morgan fingerprint density at radius 2 is 1.83 bits per heavy atom. The van der Waals surface area contributed by atoms with Crippen LogP contribution in [0.4, 0.5) is 18.9 Å². The van der Waals surface area contributed by atoms with Gasteiger partial charge in [-0.25, -0.2) is 0 Å². The molecule has 0 saturated heterocycles. The van der Waals surface area contributed by atoms with E-state index in [4.69, 9.17) is 16.3 Å². The summed E-state index contributed by atoms with van der Waals surface area (Å²) in [6.45, 7) is 3.31. The quantitative estimate of drug-likeness (QED) is 0.437. The van der Waals surface area contributed by atoms with Crippen molar-refractivity contribution in [3.63, 3.8) is 0 Å². The number of thioether (sulfide) groups is 1. The molecule has 0 spiro atoms. The van der Waals surface area contributed by atoms with Gasteiger partial charge in [-0.05, 0) is 44.2 Å². The molecule has 29 heavy (non-hydrogen) atoms. The number of alkyl halides is 3. The van der Waals surface area contributed by atoms with Crippen molar-refractivity contribution in [2.24, 2.45) is 0 Å². The van der Waals surface area contributed by atoms with Crippen molar-refractivity contribution in [2.45, 2.75) is 37.4 Å². The smallest absolute Gasteiger partial charge is 0.416 e. The van der Waals surface area contributed by atoms with Crippen molar-refractivity contribution in [3.8, 4) is 0 Å². The van der Waals surface area contributed by atoms with E-state index in [-0.39, 0.29) is 17.1 Å². The fraction of sp³-hybridized carbons (Fsp3) is 0.300.